The third-order valence-corrected chi connectivity index (χ3v) is 4.84. The first kappa shape index (κ1) is 15.5. The summed E-state index contributed by atoms with van der Waals surface area (Å²) in [6.07, 6.45) is 0. The number of carboxylic acid groups (broad SMARTS) is 1. The van der Waals surface area contributed by atoms with E-state index in [9.17, 15) is 17.6 Å². The Kier molecular flexibility index (Phi) is 4.29. The van der Waals surface area contributed by atoms with Crippen molar-refractivity contribution in [2.75, 3.05) is 0 Å². The van der Waals surface area contributed by atoms with Gasteiger partial charge in [0.15, 0.2) is 9.84 Å². The van der Waals surface area contributed by atoms with Gasteiger partial charge in [-0.2, -0.15) is 0 Å². The summed E-state index contributed by atoms with van der Waals surface area (Å²) in [6.45, 7) is 0. The quantitative estimate of drug-likeness (QED) is 0.935. The number of aromatic carboxylic acids is 1. The normalized spacial score (nSPS) is 11.3. The molecule has 4 nitrogen and oxygen atoms in total. The maximum atomic E-state index is 13.3. The topological polar surface area (TPSA) is 71.4 Å². The van der Waals surface area contributed by atoms with Crippen molar-refractivity contribution in [1.82, 2.24) is 0 Å². The fourth-order valence-corrected chi connectivity index (χ4v) is 3.51. The Labute approximate surface area is 125 Å². The molecule has 0 aliphatic heterocycles. The molecule has 0 radical (unpaired) electrons. The minimum absolute atomic E-state index is 0.109. The lowest BCUT2D eigenvalue weighted by Gasteiger charge is -2.08. The van der Waals surface area contributed by atoms with Gasteiger partial charge >= 0.3 is 5.97 Å². The summed E-state index contributed by atoms with van der Waals surface area (Å²) in [5.74, 6) is -2.57. The molecular weight excluding hydrogens is 319 g/mol. The number of carboxylic acids is 1. The number of rotatable bonds is 4. The second-order valence-corrected chi connectivity index (χ2v) is 6.67. The summed E-state index contributed by atoms with van der Waals surface area (Å²) < 4.78 is 38.0. The lowest BCUT2D eigenvalue weighted by Crippen LogP contribution is -2.11. The average Bonchev–Trinajstić information content (AvgIpc) is 2.42. The summed E-state index contributed by atoms with van der Waals surface area (Å²) >= 11 is 5.53. The van der Waals surface area contributed by atoms with Crippen molar-refractivity contribution in [2.24, 2.45) is 0 Å². The third kappa shape index (κ3) is 3.40. The van der Waals surface area contributed by atoms with Gasteiger partial charge in [0.2, 0.25) is 0 Å². The molecule has 0 heterocycles. The van der Waals surface area contributed by atoms with Crippen molar-refractivity contribution in [3.8, 4) is 0 Å². The van der Waals surface area contributed by atoms with E-state index in [0.717, 1.165) is 6.07 Å². The van der Waals surface area contributed by atoms with Crippen molar-refractivity contribution in [2.45, 2.75) is 10.6 Å². The number of sulfone groups is 1. The van der Waals surface area contributed by atoms with Gasteiger partial charge in [-0.25, -0.2) is 17.6 Å². The van der Waals surface area contributed by atoms with Crippen molar-refractivity contribution >= 4 is 27.4 Å². The van der Waals surface area contributed by atoms with Crippen molar-refractivity contribution in [3.63, 3.8) is 0 Å². The molecule has 0 aliphatic rings. The molecule has 0 fully saturated rings. The molecule has 7 heteroatoms. The summed E-state index contributed by atoms with van der Waals surface area (Å²) in [4.78, 5) is 10.8. The van der Waals surface area contributed by atoms with Crippen LogP contribution in [0.25, 0.3) is 0 Å². The van der Waals surface area contributed by atoms with Crippen LogP contribution in [0, 0.1) is 5.82 Å². The first-order valence-electron chi connectivity index (χ1n) is 5.80. The van der Waals surface area contributed by atoms with Gasteiger partial charge in [0, 0.05) is 0 Å². The highest BCUT2D eigenvalue weighted by Crippen LogP contribution is 2.23. The first-order chi connectivity index (χ1) is 9.81. The Hall–Kier alpha value is -1.92. The maximum Gasteiger partial charge on any atom is 0.337 e. The van der Waals surface area contributed by atoms with Gasteiger partial charge < -0.3 is 5.11 Å². The molecule has 0 amide bonds. The molecule has 110 valence electrons. The molecule has 0 unspecified atom stereocenters. The van der Waals surface area contributed by atoms with E-state index in [1.165, 1.54) is 36.4 Å². The van der Waals surface area contributed by atoms with Crippen LogP contribution in [0.15, 0.2) is 47.4 Å². The smallest absolute Gasteiger partial charge is 0.337 e. The molecule has 0 aromatic heterocycles. The van der Waals surface area contributed by atoms with Gasteiger partial charge in [-0.15, -0.1) is 0 Å². The molecule has 0 aliphatic carbocycles. The monoisotopic (exact) mass is 328 g/mol. The molecule has 2 rings (SSSR count). The van der Waals surface area contributed by atoms with Gasteiger partial charge in [0.25, 0.3) is 0 Å². The number of hydrogen-bond acceptors (Lipinski definition) is 3. The van der Waals surface area contributed by atoms with Gasteiger partial charge in [0.05, 0.1) is 21.2 Å². The third-order valence-electron chi connectivity index (χ3n) is 2.79. The number of benzene rings is 2. The Morgan fingerprint density at radius 2 is 1.86 bits per heavy atom. The zero-order chi connectivity index (χ0) is 15.6. The molecule has 0 saturated carbocycles. The summed E-state index contributed by atoms with van der Waals surface area (Å²) in [5.41, 5.74) is -0.121. The van der Waals surface area contributed by atoms with Gasteiger partial charge in [-0.3, -0.25) is 0 Å². The van der Waals surface area contributed by atoms with E-state index in [1.807, 2.05) is 0 Å². The molecule has 0 bridgehead atoms. The molecule has 0 saturated heterocycles. The van der Waals surface area contributed by atoms with E-state index in [2.05, 4.69) is 0 Å². The predicted octanol–water partition coefficient (Wildman–Crippen LogP) is 3.15. The first-order valence-corrected chi connectivity index (χ1v) is 7.83. The summed E-state index contributed by atoms with van der Waals surface area (Å²) in [6, 6.07) is 8.94. The van der Waals surface area contributed by atoms with Crippen molar-refractivity contribution < 1.29 is 22.7 Å². The average molecular weight is 329 g/mol. The van der Waals surface area contributed by atoms with Crippen LogP contribution in [-0.2, 0) is 15.6 Å². The van der Waals surface area contributed by atoms with E-state index in [4.69, 9.17) is 16.7 Å². The zero-order valence-electron chi connectivity index (χ0n) is 10.6. The second-order valence-electron chi connectivity index (χ2n) is 4.31. The number of carbonyl (C=O) groups is 1. The molecule has 0 atom stereocenters. The van der Waals surface area contributed by atoms with E-state index < -0.39 is 27.4 Å². The standard InChI is InChI=1S/C14H10ClFO4S/c15-11-6-5-9(7-12(11)16)8-21(19,20)13-4-2-1-3-10(13)14(17)18/h1-7H,8H2,(H,17,18). The highest BCUT2D eigenvalue weighted by atomic mass is 35.5. The highest BCUT2D eigenvalue weighted by molar-refractivity contribution is 7.90. The molecule has 21 heavy (non-hydrogen) atoms. The van der Waals surface area contributed by atoms with E-state index in [0.29, 0.717) is 0 Å². The fraction of sp³-hybridized carbons (Fsp3) is 0.0714. The molecular formula is C14H10ClFO4S. The van der Waals surface area contributed by atoms with Crippen LogP contribution in [0.4, 0.5) is 4.39 Å². The lowest BCUT2D eigenvalue weighted by atomic mass is 10.2. The van der Waals surface area contributed by atoms with Gasteiger partial charge in [-0.05, 0) is 29.8 Å². The lowest BCUT2D eigenvalue weighted by molar-refractivity contribution is 0.0692. The maximum absolute atomic E-state index is 13.3. The van der Waals surface area contributed by atoms with Crippen LogP contribution in [0.1, 0.15) is 15.9 Å². The Morgan fingerprint density at radius 3 is 2.48 bits per heavy atom. The SMILES string of the molecule is O=C(O)c1ccccc1S(=O)(=O)Cc1ccc(Cl)c(F)c1. The van der Waals surface area contributed by atoms with Crippen LogP contribution in [0.5, 0.6) is 0 Å². The van der Waals surface area contributed by atoms with Crippen LogP contribution in [-0.4, -0.2) is 19.5 Å². The summed E-state index contributed by atoms with van der Waals surface area (Å²) in [7, 11) is -3.91. The van der Waals surface area contributed by atoms with Crippen molar-refractivity contribution in [1.29, 1.82) is 0 Å². The van der Waals surface area contributed by atoms with Crippen molar-refractivity contribution in [3.05, 3.63) is 64.4 Å². The van der Waals surface area contributed by atoms with Crippen LogP contribution in [0.3, 0.4) is 0 Å². The predicted molar refractivity (Wildman–Crippen MR) is 75.7 cm³/mol. The Bertz CT molecular complexity index is 802. The van der Waals surface area contributed by atoms with Crippen LogP contribution >= 0.6 is 11.6 Å². The van der Waals surface area contributed by atoms with E-state index in [-0.39, 0.29) is 21.0 Å². The molecule has 0 spiro atoms. The molecule has 2 aromatic rings. The Morgan fingerprint density at radius 1 is 1.19 bits per heavy atom. The van der Waals surface area contributed by atoms with Crippen LogP contribution < -0.4 is 0 Å². The number of halogens is 2. The van der Waals surface area contributed by atoms with E-state index >= 15 is 0 Å². The van der Waals surface area contributed by atoms with Crippen LogP contribution in [0.2, 0.25) is 5.02 Å². The fourth-order valence-electron chi connectivity index (χ4n) is 1.84. The van der Waals surface area contributed by atoms with Gasteiger partial charge in [0.1, 0.15) is 5.82 Å². The largest absolute Gasteiger partial charge is 0.478 e. The highest BCUT2D eigenvalue weighted by Gasteiger charge is 2.22. The molecule has 2 aromatic carbocycles. The van der Waals surface area contributed by atoms with Gasteiger partial charge in [-0.1, -0.05) is 29.8 Å². The zero-order valence-corrected chi connectivity index (χ0v) is 12.2. The summed E-state index contributed by atoms with van der Waals surface area (Å²) in [5, 5.41) is 8.92. The minimum atomic E-state index is -3.91. The number of hydrogen-bond donors (Lipinski definition) is 1. The minimum Gasteiger partial charge on any atom is -0.478 e. The molecule has 1 N–H and O–H groups in total. The second kappa shape index (κ2) is 5.83. The Balaban J connectivity index is 2.43. The van der Waals surface area contributed by atoms with E-state index in [1.54, 1.807) is 0 Å².